The van der Waals surface area contributed by atoms with Crippen LogP contribution in [0.3, 0.4) is 0 Å². The van der Waals surface area contributed by atoms with Crippen LogP contribution in [-0.2, 0) is 4.74 Å². The van der Waals surface area contributed by atoms with Crippen molar-refractivity contribution in [2.75, 3.05) is 24.2 Å². The third-order valence-corrected chi connectivity index (χ3v) is 4.01. The van der Waals surface area contributed by atoms with Gasteiger partial charge in [0.25, 0.3) is 0 Å². The number of nitrogens with one attached hydrogen (secondary N) is 1. The topological polar surface area (TPSA) is 47.3 Å². The number of benzene rings is 1. The minimum absolute atomic E-state index is 0.238. The average molecular weight is 350 g/mol. The van der Waals surface area contributed by atoms with E-state index in [-0.39, 0.29) is 11.9 Å². The molecular formula is C12H16FIN2O. The summed E-state index contributed by atoms with van der Waals surface area (Å²) in [5.74, 6) is 0.231. The maximum absolute atomic E-state index is 13.4. The van der Waals surface area contributed by atoms with E-state index in [9.17, 15) is 4.39 Å². The van der Waals surface area contributed by atoms with Crippen molar-refractivity contribution in [3.63, 3.8) is 0 Å². The highest BCUT2D eigenvalue weighted by Crippen LogP contribution is 2.26. The van der Waals surface area contributed by atoms with E-state index in [0.29, 0.717) is 20.9 Å². The van der Waals surface area contributed by atoms with Crippen molar-refractivity contribution < 1.29 is 9.13 Å². The van der Waals surface area contributed by atoms with E-state index in [0.717, 1.165) is 19.6 Å². The molecule has 1 aliphatic rings. The second-order valence-electron chi connectivity index (χ2n) is 4.36. The highest BCUT2D eigenvalue weighted by atomic mass is 127. The summed E-state index contributed by atoms with van der Waals surface area (Å²) >= 11 is 1.93. The van der Waals surface area contributed by atoms with Gasteiger partial charge in [-0.25, -0.2) is 4.39 Å². The van der Waals surface area contributed by atoms with Crippen LogP contribution in [-0.4, -0.2) is 19.3 Å². The molecule has 0 bridgehead atoms. The van der Waals surface area contributed by atoms with E-state index in [1.165, 1.54) is 6.07 Å². The predicted molar refractivity (Wildman–Crippen MR) is 75.5 cm³/mol. The van der Waals surface area contributed by atoms with Gasteiger partial charge in [-0.15, -0.1) is 0 Å². The van der Waals surface area contributed by atoms with Gasteiger partial charge < -0.3 is 15.8 Å². The summed E-state index contributed by atoms with van der Waals surface area (Å²) in [6.07, 6.45) is 1.30. The summed E-state index contributed by atoms with van der Waals surface area (Å²) in [6, 6.07) is 3.10. The van der Waals surface area contributed by atoms with Crippen LogP contribution in [0.25, 0.3) is 0 Å². The lowest BCUT2D eigenvalue weighted by Crippen LogP contribution is -2.21. The first-order valence-corrected chi connectivity index (χ1v) is 6.76. The zero-order valence-electron chi connectivity index (χ0n) is 9.67. The summed E-state index contributed by atoms with van der Waals surface area (Å²) in [5.41, 5.74) is 7.10. The van der Waals surface area contributed by atoms with Crippen LogP contribution in [0.5, 0.6) is 0 Å². The molecule has 1 aliphatic heterocycles. The van der Waals surface area contributed by atoms with Gasteiger partial charge in [0.1, 0.15) is 5.82 Å². The highest BCUT2D eigenvalue weighted by molar-refractivity contribution is 14.1. The minimum atomic E-state index is -0.238. The third-order valence-electron chi connectivity index (χ3n) is 3.18. The van der Waals surface area contributed by atoms with Crippen LogP contribution in [0, 0.1) is 15.3 Å². The number of nitrogens with two attached hydrogens (primary N) is 1. The van der Waals surface area contributed by atoms with Gasteiger partial charge in [-0.05, 0) is 42.0 Å². The number of hydrogen-bond acceptors (Lipinski definition) is 3. The van der Waals surface area contributed by atoms with Crippen LogP contribution in [0.4, 0.5) is 15.8 Å². The Hall–Kier alpha value is -0.560. The lowest BCUT2D eigenvalue weighted by Gasteiger charge is -2.17. The summed E-state index contributed by atoms with van der Waals surface area (Å²) in [7, 11) is 0. The summed E-state index contributed by atoms with van der Waals surface area (Å²) in [4.78, 5) is 0. The van der Waals surface area contributed by atoms with E-state index < -0.39 is 0 Å². The van der Waals surface area contributed by atoms with Crippen molar-refractivity contribution in [1.29, 1.82) is 0 Å². The van der Waals surface area contributed by atoms with Crippen molar-refractivity contribution in [2.45, 2.75) is 19.4 Å². The molecule has 1 fully saturated rings. The molecule has 0 aliphatic carbocycles. The fourth-order valence-corrected chi connectivity index (χ4v) is 2.49. The van der Waals surface area contributed by atoms with Gasteiger partial charge in [0, 0.05) is 25.1 Å². The molecule has 17 heavy (non-hydrogen) atoms. The van der Waals surface area contributed by atoms with Crippen LogP contribution >= 0.6 is 22.6 Å². The number of rotatable bonds is 3. The first-order valence-electron chi connectivity index (χ1n) is 5.68. The molecule has 3 nitrogen and oxygen atoms in total. The Kier molecular flexibility index (Phi) is 4.09. The Bertz CT molecular complexity index is 414. The first kappa shape index (κ1) is 12.9. The molecule has 2 rings (SSSR count). The molecule has 2 atom stereocenters. The lowest BCUT2D eigenvalue weighted by molar-refractivity contribution is 0.108. The predicted octanol–water partition coefficient (Wildman–Crippen LogP) is 2.85. The largest absolute Gasteiger partial charge is 0.397 e. The van der Waals surface area contributed by atoms with E-state index in [1.807, 2.05) is 22.6 Å². The van der Waals surface area contributed by atoms with Crippen molar-refractivity contribution in [2.24, 2.45) is 5.92 Å². The van der Waals surface area contributed by atoms with Crippen molar-refractivity contribution >= 4 is 34.0 Å². The molecule has 1 heterocycles. The molecular weight excluding hydrogens is 334 g/mol. The van der Waals surface area contributed by atoms with Gasteiger partial charge in [0.05, 0.1) is 21.0 Å². The molecule has 0 aromatic heterocycles. The van der Waals surface area contributed by atoms with Gasteiger partial charge in [0.2, 0.25) is 0 Å². The summed E-state index contributed by atoms with van der Waals surface area (Å²) in [6.45, 7) is 3.65. The Balaban J connectivity index is 2.01. The monoisotopic (exact) mass is 350 g/mol. The fourth-order valence-electron chi connectivity index (χ4n) is 2.00. The number of hydrogen-bond donors (Lipinski definition) is 2. The van der Waals surface area contributed by atoms with Crippen molar-refractivity contribution in [1.82, 2.24) is 0 Å². The van der Waals surface area contributed by atoms with Crippen LogP contribution < -0.4 is 11.1 Å². The van der Waals surface area contributed by atoms with E-state index in [4.69, 9.17) is 10.5 Å². The molecule has 0 amide bonds. The lowest BCUT2D eigenvalue weighted by atomic mass is 10.0. The minimum Gasteiger partial charge on any atom is -0.397 e. The molecule has 0 saturated carbocycles. The summed E-state index contributed by atoms with van der Waals surface area (Å²) in [5, 5.41) is 3.20. The molecule has 3 N–H and O–H groups in total. The maximum atomic E-state index is 13.4. The standard InChI is InChI=1S/C12H16FIN2O/c1-7-8(2-3-17-7)6-16-12-4-9(13)10(14)5-11(12)15/h4-5,7-8,16H,2-3,6,15H2,1H3. The van der Waals surface area contributed by atoms with E-state index in [2.05, 4.69) is 12.2 Å². The normalized spacial score (nSPS) is 23.9. The zero-order chi connectivity index (χ0) is 12.4. The SMILES string of the molecule is CC1OCCC1CNc1cc(F)c(I)cc1N. The van der Waals surface area contributed by atoms with Gasteiger partial charge in [-0.1, -0.05) is 0 Å². The molecule has 1 saturated heterocycles. The van der Waals surface area contributed by atoms with Gasteiger partial charge in [0.15, 0.2) is 0 Å². The van der Waals surface area contributed by atoms with E-state index >= 15 is 0 Å². The second-order valence-corrected chi connectivity index (χ2v) is 5.52. The molecule has 0 radical (unpaired) electrons. The number of anilines is 2. The number of halogens is 2. The smallest absolute Gasteiger partial charge is 0.138 e. The average Bonchev–Trinajstić information content (AvgIpc) is 2.68. The highest BCUT2D eigenvalue weighted by Gasteiger charge is 2.23. The van der Waals surface area contributed by atoms with Crippen LogP contribution in [0.1, 0.15) is 13.3 Å². The molecule has 1 aromatic rings. The summed E-state index contributed by atoms with van der Waals surface area (Å²) < 4.78 is 19.4. The molecule has 94 valence electrons. The van der Waals surface area contributed by atoms with E-state index in [1.54, 1.807) is 6.07 Å². The third kappa shape index (κ3) is 3.01. The number of ether oxygens (including phenoxy) is 1. The zero-order valence-corrected chi connectivity index (χ0v) is 11.8. The van der Waals surface area contributed by atoms with Crippen molar-refractivity contribution in [3.8, 4) is 0 Å². The van der Waals surface area contributed by atoms with Crippen molar-refractivity contribution in [3.05, 3.63) is 21.5 Å². The maximum Gasteiger partial charge on any atom is 0.138 e. The van der Waals surface area contributed by atoms with Crippen LogP contribution in [0.2, 0.25) is 0 Å². The number of nitrogen functional groups attached to an aromatic ring is 1. The molecule has 1 aromatic carbocycles. The van der Waals surface area contributed by atoms with Crippen LogP contribution in [0.15, 0.2) is 12.1 Å². The Morgan fingerprint density at radius 1 is 1.59 bits per heavy atom. The Labute approximate surface area is 114 Å². The quantitative estimate of drug-likeness (QED) is 0.651. The van der Waals surface area contributed by atoms with Gasteiger partial charge in [-0.3, -0.25) is 0 Å². The Morgan fingerprint density at radius 2 is 2.35 bits per heavy atom. The van der Waals surface area contributed by atoms with Gasteiger partial charge in [-0.2, -0.15) is 0 Å². The molecule has 0 spiro atoms. The molecule has 5 heteroatoms. The molecule has 2 unspecified atom stereocenters. The fraction of sp³-hybridized carbons (Fsp3) is 0.500. The first-order chi connectivity index (χ1) is 8.08. The van der Waals surface area contributed by atoms with Gasteiger partial charge >= 0.3 is 0 Å². The Morgan fingerprint density at radius 3 is 3.00 bits per heavy atom. The second kappa shape index (κ2) is 5.39.